The first-order valence-corrected chi connectivity index (χ1v) is 2.73. The molecule has 1 aliphatic rings. The first kappa shape index (κ1) is 9.66. The fraction of sp³-hybridized carbons (Fsp3) is 0.800. The van der Waals surface area contributed by atoms with Crippen LogP contribution in [0.5, 0.6) is 0 Å². The van der Waals surface area contributed by atoms with Crippen LogP contribution in [0.15, 0.2) is 0 Å². The fourth-order valence-corrected chi connectivity index (χ4v) is 0.814. The van der Waals surface area contributed by atoms with E-state index in [-0.39, 0.29) is 55.4 Å². The minimum absolute atomic E-state index is 0. The van der Waals surface area contributed by atoms with Gasteiger partial charge in [0, 0.05) is 43.3 Å². The van der Waals surface area contributed by atoms with E-state index in [0.717, 1.165) is 6.42 Å². The zero-order valence-corrected chi connectivity index (χ0v) is 6.61. The van der Waals surface area contributed by atoms with E-state index in [1.807, 2.05) is 0 Å². The second kappa shape index (κ2) is 4.47. The Morgan fingerprint density at radius 1 is 1.78 bits per heavy atom. The maximum Gasteiger partial charge on any atom is 0.220 e. The fourth-order valence-electron chi connectivity index (χ4n) is 0.814. The van der Waals surface area contributed by atoms with Crippen molar-refractivity contribution in [2.75, 3.05) is 6.61 Å². The molecular weight excluding hydrogens is 275 g/mol. The smallest absolute Gasteiger partial charge is 0.220 e. The molecule has 0 aromatic heterocycles. The summed E-state index contributed by atoms with van der Waals surface area (Å²) in [5, 5.41) is 11.1. The largest absolute Gasteiger partial charge is 0.394 e. The Balaban J connectivity index is 0.000000640. The molecule has 0 aromatic carbocycles. The Bertz CT molecular complexity index is 107. The normalized spacial score (nSPS) is 25.0. The summed E-state index contributed by atoms with van der Waals surface area (Å²) in [5.74, 6) is 0.0593. The van der Waals surface area contributed by atoms with Crippen LogP contribution in [-0.2, 0) is 4.79 Å². The summed E-state index contributed by atoms with van der Waals surface area (Å²) in [6.07, 6.45) is 1.36. The molecule has 1 amide bonds. The van der Waals surface area contributed by atoms with Crippen LogP contribution in [0, 0.1) is 36.9 Å². The van der Waals surface area contributed by atoms with E-state index in [1.54, 1.807) is 0 Å². The average molecular weight is 284 g/mol. The predicted octanol–water partition coefficient (Wildman–Crippen LogP) is -0.743. The molecular formula is C5H9NO2Tm. The first-order valence-electron chi connectivity index (χ1n) is 2.73. The van der Waals surface area contributed by atoms with Gasteiger partial charge in [-0.05, 0) is 6.42 Å². The Morgan fingerprint density at radius 2 is 2.44 bits per heavy atom. The van der Waals surface area contributed by atoms with Crippen molar-refractivity contribution in [3.8, 4) is 0 Å². The second-order valence-corrected chi connectivity index (χ2v) is 1.99. The quantitative estimate of drug-likeness (QED) is 0.666. The van der Waals surface area contributed by atoms with E-state index in [0.29, 0.717) is 6.42 Å². The minimum atomic E-state index is 0. The number of amides is 1. The molecule has 1 fully saturated rings. The van der Waals surface area contributed by atoms with E-state index in [2.05, 4.69) is 5.32 Å². The topological polar surface area (TPSA) is 49.3 Å². The van der Waals surface area contributed by atoms with E-state index in [9.17, 15) is 4.79 Å². The summed E-state index contributed by atoms with van der Waals surface area (Å²) in [7, 11) is 0. The molecule has 0 bridgehead atoms. The van der Waals surface area contributed by atoms with Gasteiger partial charge < -0.3 is 10.4 Å². The number of nitrogens with one attached hydrogen (secondary N) is 1. The number of hydrogen-bond donors (Lipinski definition) is 2. The maximum absolute atomic E-state index is 10.4. The van der Waals surface area contributed by atoms with Gasteiger partial charge in [0.1, 0.15) is 0 Å². The van der Waals surface area contributed by atoms with E-state index in [4.69, 9.17) is 5.11 Å². The van der Waals surface area contributed by atoms with Gasteiger partial charge in [-0.15, -0.1) is 0 Å². The van der Waals surface area contributed by atoms with Crippen LogP contribution in [0.3, 0.4) is 0 Å². The summed E-state index contributed by atoms with van der Waals surface area (Å²) in [6.45, 7) is 0.0751. The SMILES string of the molecule is O=C1CCC(CO)N1.[Tm]. The minimum Gasteiger partial charge on any atom is -0.394 e. The summed E-state index contributed by atoms with van der Waals surface area (Å²) < 4.78 is 0. The third-order valence-electron chi connectivity index (χ3n) is 1.31. The van der Waals surface area contributed by atoms with Gasteiger partial charge in [-0.25, -0.2) is 0 Å². The maximum atomic E-state index is 10.4. The van der Waals surface area contributed by atoms with Gasteiger partial charge in [0.25, 0.3) is 0 Å². The predicted molar refractivity (Wildman–Crippen MR) is 28.3 cm³/mol. The summed E-state index contributed by atoms with van der Waals surface area (Å²) in [6, 6.07) is 0.0301. The number of carbonyl (C=O) groups excluding carboxylic acids is 1. The van der Waals surface area contributed by atoms with Gasteiger partial charge in [-0.2, -0.15) is 0 Å². The first-order chi connectivity index (χ1) is 3.83. The molecule has 0 spiro atoms. The van der Waals surface area contributed by atoms with E-state index in [1.165, 1.54) is 0 Å². The van der Waals surface area contributed by atoms with Crippen molar-refractivity contribution < 1.29 is 46.8 Å². The van der Waals surface area contributed by atoms with Crippen molar-refractivity contribution in [2.45, 2.75) is 18.9 Å². The molecule has 1 aliphatic heterocycles. The Labute approximate surface area is 83.0 Å². The molecule has 1 heterocycles. The summed E-state index contributed by atoms with van der Waals surface area (Å²) in [5.41, 5.74) is 0. The number of hydrogen-bond acceptors (Lipinski definition) is 2. The van der Waals surface area contributed by atoms with Crippen LogP contribution in [0.4, 0.5) is 0 Å². The molecule has 4 heteroatoms. The van der Waals surface area contributed by atoms with E-state index >= 15 is 0 Å². The van der Waals surface area contributed by atoms with Crippen molar-refractivity contribution >= 4 is 5.91 Å². The van der Waals surface area contributed by atoms with Gasteiger partial charge in [0.05, 0.1) is 12.6 Å². The average Bonchev–Trinajstić information content (AvgIpc) is 2.14. The van der Waals surface area contributed by atoms with Crippen LogP contribution >= 0.6 is 0 Å². The van der Waals surface area contributed by atoms with Crippen LogP contribution in [0.2, 0.25) is 0 Å². The monoisotopic (exact) mass is 284 g/mol. The molecule has 0 aromatic rings. The van der Waals surface area contributed by atoms with Crippen molar-refractivity contribution in [1.82, 2.24) is 5.32 Å². The molecule has 2 N–H and O–H groups in total. The molecule has 1 atom stereocenters. The number of rotatable bonds is 1. The second-order valence-electron chi connectivity index (χ2n) is 1.99. The Kier molecular flexibility index (Phi) is 4.80. The van der Waals surface area contributed by atoms with Crippen LogP contribution in [0.1, 0.15) is 12.8 Å². The summed E-state index contributed by atoms with van der Waals surface area (Å²) in [4.78, 5) is 10.4. The summed E-state index contributed by atoms with van der Waals surface area (Å²) >= 11 is 0. The molecule has 1 rings (SSSR count). The molecule has 0 saturated carbocycles. The van der Waals surface area contributed by atoms with Crippen LogP contribution < -0.4 is 5.32 Å². The number of aliphatic hydroxyl groups is 1. The zero-order chi connectivity index (χ0) is 5.98. The third kappa shape index (κ3) is 2.83. The standard InChI is InChI=1S/C5H9NO2.Tm/c7-3-4-1-2-5(8)6-4;/h4,7H,1-3H2,(H,6,8);. The molecule has 59 valence electrons. The van der Waals surface area contributed by atoms with Gasteiger partial charge in [0.2, 0.25) is 5.91 Å². The molecule has 1 radical (unpaired) electrons. The number of carbonyl (C=O) groups is 1. The van der Waals surface area contributed by atoms with Crippen molar-refractivity contribution in [2.24, 2.45) is 0 Å². The molecule has 9 heavy (non-hydrogen) atoms. The molecule has 1 unspecified atom stereocenters. The third-order valence-corrected chi connectivity index (χ3v) is 1.31. The van der Waals surface area contributed by atoms with Crippen molar-refractivity contribution in [3.05, 3.63) is 0 Å². The van der Waals surface area contributed by atoms with Crippen LogP contribution in [0.25, 0.3) is 0 Å². The molecule has 0 aliphatic carbocycles. The number of aliphatic hydroxyl groups excluding tert-OH is 1. The van der Waals surface area contributed by atoms with Crippen molar-refractivity contribution in [1.29, 1.82) is 0 Å². The molecule has 3 nitrogen and oxygen atoms in total. The molecule has 1 saturated heterocycles. The van der Waals surface area contributed by atoms with E-state index < -0.39 is 0 Å². The zero-order valence-electron chi connectivity index (χ0n) is 4.83. The van der Waals surface area contributed by atoms with Crippen LogP contribution in [-0.4, -0.2) is 23.7 Å². The Hall–Kier alpha value is 0.664. The van der Waals surface area contributed by atoms with Gasteiger partial charge >= 0.3 is 0 Å². The van der Waals surface area contributed by atoms with Gasteiger partial charge in [0.15, 0.2) is 0 Å². The van der Waals surface area contributed by atoms with Gasteiger partial charge in [-0.1, -0.05) is 0 Å². The van der Waals surface area contributed by atoms with Gasteiger partial charge in [-0.3, -0.25) is 4.79 Å². The Morgan fingerprint density at radius 3 is 2.67 bits per heavy atom. The van der Waals surface area contributed by atoms with Crippen molar-refractivity contribution in [3.63, 3.8) is 0 Å².